The number of ketones is 1. The zero-order chi connectivity index (χ0) is 18.4. The summed E-state index contributed by atoms with van der Waals surface area (Å²) < 4.78 is 1.82. The molecule has 134 valence electrons. The van der Waals surface area contributed by atoms with E-state index in [2.05, 4.69) is 58.7 Å². The first-order valence-electron chi connectivity index (χ1n) is 9.25. The van der Waals surface area contributed by atoms with Crippen molar-refractivity contribution < 1.29 is 4.79 Å². The first-order chi connectivity index (χ1) is 13.2. The van der Waals surface area contributed by atoms with Crippen LogP contribution in [0.4, 0.5) is 5.95 Å². The van der Waals surface area contributed by atoms with Crippen molar-refractivity contribution >= 4 is 11.7 Å². The molecule has 1 N–H and O–H groups in total. The van der Waals surface area contributed by atoms with E-state index in [-0.39, 0.29) is 17.7 Å². The number of hydrogen-bond acceptors (Lipinski definition) is 4. The number of fused-ring (bicyclic) bond motifs is 1. The van der Waals surface area contributed by atoms with E-state index in [0.29, 0.717) is 12.4 Å². The van der Waals surface area contributed by atoms with E-state index >= 15 is 0 Å². The van der Waals surface area contributed by atoms with E-state index in [4.69, 9.17) is 0 Å². The van der Waals surface area contributed by atoms with Crippen molar-refractivity contribution in [3.05, 3.63) is 88.9 Å². The van der Waals surface area contributed by atoms with Crippen LogP contribution in [-0.2, 0) is 4.79 Å². The van der Waals surface area contributed by atoms with Crippen LogP contribution in [-0.4, -0.2) is 20.5 Å². The fourth-order valence-corrected chi connectivity index (χ4v) is 4.17. The average Bonchev–Trinajstić information content (AvgIpc) is 3.16. The second-order valence-electron chi connectivity index (χ2n) is 7.30. The molecule has 0 fully saturated rings. The molecule has 3 aromatic rings. The van der Waals surface area contributed by atoms with Crippen LogP contribution in [0.15, 0.2) is 72.2 Å². The summed E-state index contributed by atoms with van der Waals surface area (Å²) in [5, 5.41) is 7.76. The minimum Gasteiger partial charge on any atom is -0.328 e. The molecule has 1 aliphatic carbocycles. The van der Waals surface area contributed by atoms with Crippen molar-refractivity contribution in [3.63, 3.8) is 0 Å². The van der Waals surface area contributed by atoms with Crippen LogP contribution in [0.25, 0.3) is 0 Å². The lowest BCUT2D eigenvalue weighted by Gasteiger charge is -2.35. The Labute approximate surface area is 157 Å². The second kappa shape index (κ2) is 6.20. The Bertz CT molecular complexity index is 1030. The highest BCUT2D eigenvalue weighted by molar-refractivity contribution is 6.00. The summed E-state index contributed by atoms with van der Waals surface area (Å²) in [6.07, 6.45) is 2.87. The minimum atomic E-state index is -0.219. The number of aromatic nitrogens is 3. The van der Waals surface area contributed by atoms with Gasteiger partial charge in [0.15, 0.2) is 5.78 Å². The number of Topliss-reactive ketones (excluding diaryl/α,β-unsaturated/α-hetero) is 1. The first kappa shape index (κ1) is 16.0. The molecule has 1 aliphatic heterocycles. The summed E-state index contributed by atoms with van der Waals surface area (Å²) in [6, 6.07) is 18.4. The predicted octanol–water partition coefficient (Wildman–Crippen LogP) is 4.00. The summed E-state index contributed by atoms with van der Waals surface area (Å²) in [4.78, 5) is 17.6. The lowest BCUT2D eigenvalue weighted by molar-refractivity contribution is -0.116. The molecule has 2 heterocycles. The smallest absolute Gasteiger partial charge is 0.226 e. The van der Waals surface area contributed by atoms with E-state index in [1.165, 1.54) is 11.1 Å². The van der Waals surface area contributed by atoms with Gasteiger partial charge in [0.05, 0.1) is 0 Å². The fraction of sp³-hybridized carbons (Fsp3) is 0.227. The quantitative estimate of drug-likeness (QED) is 0.754. The molecule has 5 heteroatoms. The maximum atomic E-state index is 13.2. The summed E-state index contributed by atoms with van der Waals surface area (Å²) in [7, 11) is 0. The van der Waals surface area contributed by atoms with Gasteiger partial charge in [-0.25, -0.2) is 4.68 Å². The number of rotatable bonds is 2. The van der Waals surface area contributed by atoms with Crippen molar-refractivity contribution in [2.45, 2.75) is 31.7 Å². The van der Waals surface area contributed by atoms with Gasteiger partial charge in [0.25, 0.3) is 0 Å². The van der Waals surface area contributed by atoms with E-state index in [9.17, 15) is 4.79 Å². The molecule has 0 saturated carbocycles. The van der Waals surface area contributed by atoms with Gasteiger partial charge in [-0.3, -0.25) is 4.79 Å². The number of carbonyl (C=O) groups excluding carboxylic acids is 1. The molecule has 0 saturated heterocycles. The third-order valence-electron chi connectivity index (χ3n) is 5.53. The van der Waals surface area contributed by atoms with Gasteiger partial charge in [0.2, 0.25) is 5.95 Å². The molecule has 0 radical (unpaired) electrons. The van der Waals surface area contributed by atoms with E-state index < -0.39 is 0 Å². The number of anilines is 1. The van der Waals surface area contributed by atoms with Crippen LogP contribution in [0.2, 0.25) is 0 Å². The Morgan fingerprint density at radius 3 is 2.56 bits per heavy atom. The number of nitrogens with zero attached hydrogens (tertiary/aromatic N) is 3. The maximum Gasteiger partial charge on any atom is 0.226 e. The lowest BCUT2D eigenvalue weighted by atomic mass is 9.78. The maximum absolute atomic E-state index is 13.2. The monoisotopic (exact) mass is 356 g/mol. The summed E-state index contributed by atoms with van der Waals surface area (Å²) >= 11 is 0. The lowest BCUT2D eigenvalue weighted by Crippen LogP contribution is -2.33. The topological polar surface area (TPSA) is 59.8 Å². The van der Waals surface area contributed by atoms with Gasteiger partial charge in [-0.15, -0.1) is 0 Å². The molecule has 0 spiro atoms. The third kappa shape index (κ3) is 2.67. The van der Waals surface area contributed by atoms with E-state index in [1.807, 2.05) is 22.9 Å². The van der Waals surface area contributed by atoms with Crippen molar-refractivity contribution in [3.8, 4) is 0 Å². The summed E-state index contributed by atoms with van der Waals surface area (Å²) in [5.41, 5.74) is 5.26. The average molecular weight is 356 g/mol. The third-order valence-corrected chi connectivity index (χ3v) is 5.53. The zero-order valence-electron chi connectivity index (χ0n) is 15.1. The molecule has 1 aromatic heterocycles. The van der Waals surface area contributed by atoms with E-state index in [1.54, 1.807) is 6.33 Å². The molecule has 0 amide bonds. The molecule has 0 unspecified atom stereocenters. The number of allylic oxidation sites excluding steroid dienone is 2. The minimum absolute atomic E-state index is 0.185. The Hall–Kier alpha value is -3.21. The Morgan fingerprint density at radius 1 is 1.00 bits per heavy atom. The van der Waals surface area contributed by atoms with Crippen molar-refractivity contribution in [2.75, 3.05) is 5.32 Å². The van der Waals surface area contributed by atoms with Gasteiger partial charge >= 0.3 is 0 Å². The van der Waals surface area contributed by atoms with Gasteiger partial charge in [-0.05, 0) is 30.4 Å². The highest BCUT2D eigenvalue weighted by atomic mass is 16.1. The Morgan fingerprint density at radius 2 is 1.78 bits per heavy atom. The van der Waals surface area contributed by atoms with Crippen LogP contribution >= 0.6 is 0 Å². The zero-order valence-corrected chi connectivity index (χ0v) is 15.1. The molecular weight excluding hydrogens is 336 g/mol. The van der Waals surface area contributed by atoms with Gasteiger partial charge in [0, 0.05) is 17.7 Å². The molecule has 0 bridgehead atoms. The highest BCUT2D eigenvalue weighted by Crippen LogP contribution is 2.43. The van der Waals surface area contributed by atoms with Crippen LogP contribution in [0.5, 0.6) is 0 Å². The molecule has 5 rings (SSSR count). The summed E-state index contributed by atoms with van der Waals surface area (Å²) in [6.45, 7) is 2.06. The number of carbonyl (C=O) groups is 1. The number of nitrogens with one attached hydrogen (secondary N) is 1. The largest absolute Gasteiger partial charge is 0.328 e. The summed E-state index contributed by atoms with van der Waals surface area (Å²) in [5.74, 6) is 1.07. The Kier molecular flexibility index (Phi) is 3.67. The standard InChI is InChI=1S/C22H20N4O/c1-14-7-9-16(10-8-14)21-20-18(25-22-23-13-24-26(21)22)11-17(12-19(20)27)15-5-3-2-4-6-15/h2-10,13,17,21H,11-12H2,1H3,(H,23,24,25)/t17-,21+/m1/s1. The fourth-order valence-electron chi connectivity index (χ4n) is 4.17. The normalized spacial score (nSPS) is 21.4. The van der Waals surface area contributed by atoms with Crippen LogP contribution in [0, 0.1) is 6.92 Å². The van der Waals surface area contributed by atoms with Gasteiger partial charge < -0.3 is 5.32 Å². The first-order valence-corrected chi connectivity index (χ1v) is 9.25. The SMILES string of the molecule is Cc1ccc([C@H]2C3=C(C[C@@H](c4ccccc4)CC3=O)Nc3ncnn32)cc1. The number of hydrogen-bond donors (Lipinski definition) is 1. The van der Waals surface area contributed by atoms with Crippen LogP contribution in [0.1, 0.15) is 41.5 Å². The van der Waals surface area contributed by atoms with Gasteiger partial charge in [0.1, 0.15) is 12.4 Å². The second-order valence-corrected chi connectivity index (χ2v) is 7.30. The van der Waals surface area contributed by atoms with Crippen molar-refractivity contribution in [1.82, 2.24) is 14.8 Å². The van der Waals surface area contributed by atoms with Crippen molar-refractivity contribution in [1.29, 1.82) is 0 Å². The molecule has 2 atom stereocenters. The van der Waals surface area contributed by atoms with Crippen LogP contribution < -0.4 is 5.32 Å². The molecule has 5 nitrogen and oxygen atoms in total. The Balaban J connectivity index is 1.60. The molecular formula is C22H20N4O. The number of benzene rings is 2. The highest BCUT2D eigenvalue weighted by Gasteiger charge is 2.39. The number of aryl methyl sites for hydroxylation is 1. The van der Waals surface area contributed by atoms with Gasteiger partial charge in [-0.1, -0.05) is 60.2 Å². The molecule has 27 heavy (non-hydrogen) atoms. The molecule has 2 aromatic carbocycles. The van der Waals surface area contributed by atoms with Crippen LogP contribution in [0.3, 0.4) is 0 Å². The van der Waals surface area contributed by atoms with Gasteiger partial charge in [-0.2, -0.15) is 10.1 Å². The van der Waals surface area contributed by atoms with Crippen molar-refractivity contribution in [2.24, 2.45) is 0 Å². The van der Waals surface area contributed by atoms with E-state index in [0.717, 1.165) is 23.3 Å². The predicted molar refractivity (Wildman–Crippen MR) is 103 cm³/mol. The molecule has 2 aliphatic rings.